The van der Waals surface area contributed by atoms with Gasteiger partial charge in [0.15, 0.2) is 0 Å². The molecular formula is C15H22FN3O. The van der Waals surface area contributed by atoms with Crippen LogP contribution >= 0.6 is 0 Å². The first kappa shape index (κ1) is 14.8. The third kappa shape index (κ3) is 4.20. The number of benzene rings is 1. The molecule has 5 heteroatoms. The molecule has 1 aliphatic heterocycles. The molecular weight excluding hydrogens is 257 g/mol. The summed E-state index contributed by atoms with van der Waals surface area (Å²) in [5, 5.41) is 6.20. The van der Waals surface area contributed by atoms with Crippen LogP contribution in [0.5, 0.6) is 0 Å². The highest BCUT2D eigenvalue weighted by Gasteiger charge is 2.23. The maximum Gasteiger partial charge on any atom is 0.321 e. The zero-order chi connectivity index (χ0) is 14.4. The molecule has 0 aliphatic carbocycles. The number of carbonyl (C=O) groups excluding carboxylic acids is 1. The highest BCUT2D eigenvalue weighted by Crippen LogP contribution is 2.14. The van der Waals surface area contributed by atoms with Crippen molar-refractivity contribution in [2.75, 3.05) is 25.0 Å². The quantitative estimate of drug-likeness (QED) is 0.890. The van der Waals surface area contributed by atoms with Crippen LogP contribution in [-0.4, -0.2) is 36.6 Å². The molecule has 0 aromatic heterocycles. The summed E-state index contributed by atoms with van der Waals surface area (Å²) >= 11 is 0. The van der Waals surface area contributed by atoms with E-state index in [1.807, 2.05) is 0 Å². The Hall–Kier alpha value is -1.62. The van der Waals surface area contributed by atoms with E-state index in [9.17, 15) is 9.18 Å². The van der Waals surface area contributed by atoms with Gasteiger partial charge >= 0.3 is 6.03 Å². The summed E-state index contributed by atoms with van der Waals surface area (Å²) in [6.45, 7) is 4.57. The van der Waals surface area contributed by atoms with Crippen LogP contribution in [0, 0.1) is 5.82 Å². The van der Waals surface area contributed by atoms with Crippen LogP contribution in [0.3, 0.4) is 0 Å². The smallest absolute Gasteiger partial charge is 0.321 e. The Labute approximate surface area is 119 Å². The molecule has 1 heterocycles. The number of urea groups is 1. The fourth-order valence-corrected chi connectivity index (χ4v) is 2.45. The molecule has 1 aromatic carbocycles. The number of carbonyl (C=O) groups is 1. The van der Waals surface area contributed by atoms with Crippen molar-refractivity contribution in [3.8, 4) is 0 Å². The zero-order valence-electron chi connectivity index (χ0n) is 11.9. The average Bonchev–Trinajstić information content (AvgIpc) is 2.45. The molecule has 4 nitrogen and oxygen atoms in total. The number of halogens is 1. The fourth-order valence-electron chi connectivity index (χ4n) is 2.45. The van der Waals surface area contributed by atoms with Crippen LogP contribution in [0.15, 0.2) is 24.3 Å². The van der Waals surface area contributed by atoms with Crippen LogP contribution in [0.25, 0.3) is 0 Å². The van der Waals surface area contributed by atoms with E-state index in [1.54, 1.807) is 17.0 Å². The Morgan fingerprint density at radius 2 is 2.35 bits per heavy atom. The van der Waals surface area contributed by atoms with Crippen molar-refractivity contribution in [2.24, 2.45) is 0 Å². The van der Waals surface area contributed by atoms with Gasteiger partial charge in [-0.05, 0) is 44.0 Å². The molecule has 0 radical (unpaired) electrons. The van der Waals surface area contributed by atoms with Crippen molar-refractivity contribution < 1.29 is 9.18 Å². The van der Waals surface area contributed by atoms with Crippen molar-refractivity contribution >= 4 is 11.7 Å². The van der Waals surface area contributed by atoms with Crippen LogP contribution < -0.4 is 10.6 Å². The number of nitrogens with zero attached hydrogens (tertiary/aromatic N) is 1. The van der Waals surface area contributed by atoms with E-state index in [0.717, 1.165) is 32.4 Å². The molecule has 110 valence electrons. The van der Waals surface area contributed by atoms with Gasteiger partial charge in [-0.1, -0.05) is 13.0 Å². The van der Waals surface area contributed by atoms with Gasteiger partial charge in [0.25, 0.3) is 0 Å². The van der Waals surface area contributed by atoms with Gasteiger partial charge in [0, 0.05) is 24.8 Å². The third-order valence-corrected chi connectivity index (χ3v) is 3.47. The molecule has 1 atom stereocenters. The maximum atomic E-state index is 13.1. The van der Waals surface area contributed by atoms with Crippen molar-refractivity contribution in [3.05, 3.63) is 30.1 Å². The normalized spacial score (nSPS) is 18.9. The summed E-state index contributed by atoms with van der Waals surface area (Å²) in [5.74, 6) is -0.344. The van der Waals surface area contributed by atoms with Gasteiger partial charge in [-0.15, -0.1) is 0 Å². The lowest BCUT2D eigenvalue weighted by molar-refractivity contribution is 0.185. The number of nitrogens with one attached hydrogen (secondary N) is 2. The number of amides is 2. The van der Waals surface area contributed by atoms with Crippen LogP contribution in [0.2, 0.25) is 0 Å². The Kier molecular flexibility index (Phi) is 5.35. The second-order valence-electron chi connectivity index (χ2n) is 5.18. The van der Waals surface area contributed by atoms with E-state index in [0.29, 0.717) is 18.3 Å². The average molecular weight is 279 g/mol. The molecule has 1 saturated heterocycles. The van der Waals surface area contributed by atoms with Crippen LogP contribution in [0.4, 0.5) is 14.9 Å². The van der Waals surface area contributed by atoms with Gasteiger partial charge in [-0.2, -0.15) is 0 Å². The van der Waals surface area contributed by atoms with Crippen LogP contribution in [0.1, 0.15) is 26.2 Å². The molecule has 1 aromatic rings. The Bertz CT molecular complexity index is 452. The molecule has 2 amide bonds. The number of rotatable bonds is 4. The van der Waals surface area contributed by atoms with Gasteiger partial charge in [0.1, 0.15) is 5.82 Å². The Balaban J connectivity index is 1.88. The first-order chi connectivity index (χ1) is 9.69. The van der Waals surface area contributed by atoms with Gasteiger partial charge < -0.3 is 15.5 Å². The molecule has 1 unspecified atom stereocenters. The summed E-state index contributed by atoms with van der Waals surface area (Å²) in [5.41, 5.74) is 0.499. The minimum Gasteiger partial charge on any atom is -0.323 e. The largest absolute Gasteiger partial charge is 0.323 e. The summed E-state index contributed by atoms with van der Waals surface area (Å²) in [4.78, 5) is 14.0. The minimum absolute atomic E-state index is 0.154. The van der Waals surface area contributed by atoms with Crippen molar-refractivity contribution in [1.82, 2.24) is 10.2 Å². The van der Waals surface area contributed by atoms with E-state index < -0.39 is 0 Å². The Morgan fingerprint density at radius 1 is 1.50 bits per heavy atom. The van der Waals surface area contributed by atoms with Gasteiger partial charge in [0.2, 0.25) is 0 Å². The summed E-state index contributed by atoms with van der Waals surface area (Å²) in [7, 11) is 0. The SMILES string of the molecule is CCCNC1CCCN(C(=O)Nc2cccc(F)c2)C1. The van der Waals surface area contributed by atoms with Crippen molar-refractivity contribution in [1.29, 1.82) is 0 Å². The predicted molar refractivity (Wildman–Crippen MR) is 78.3 cm³/mol. The van der Waals surface area contributed by atoms with E-state index >= 15 is 0 Å². The number of hydrogen-bond acceptors (Lipinski definition) is 2. The standard InChI is InChI=1S/C15H22FN3O/c1-2-8-17-14-7-4-9-19(11-14)15(20)18-13-6-3-5-12(16)10-13/h3,5-6,10,14,17H,2,4,7-9,11H2,1H3,(H,18,20). The Morgan fingerprint density at radius 3 is 3.10 bits per heavy atom. The molecule has 20 heavy (non-hydrogen) atoms. The number of piperidine rings is 1. The number of hydrogen-bond donors (Lipinski definition) is 2. The predicted octanol–water partition coefficient (Wildman–Crippen LogP) is 2.82. The topological polar surface area (TPSA) is 44.4 Å². The van der Waals surface area contributed by atoms with E-state index in [2.05, 4.69) is 17.6 Å². The summed E-state index contributed by atoms with van der Waals surface area (Å²) in [6, 6.07) is 6.18. The van der Waals surface area contributed by atoms with Gasteiger partial charge in [-0.3, -0.25) is 0 Å². The van der Waals surface area contributed by atoms with Gasteiger partial charge in [0.05, 0.1) is 0 Å². The maximum absolute atomic E-state index is 13.1. The number of likely N-dealkylation sites (tertiary alicyclic amines) is 1. The third-order valence-electron chi connectivity index (χ3n) is 3.47. The van der Waals surface area contributed by atoms with Gasteiger partial charge in [-0.25, -0.2) is 9.18 Å². The van der Waals surface area contributed by atoms with Crippen LogP contribution in [-0.2, 0) is 0 Å². The lowest BCUT2D eigenvalue weighted by atomic mass is 10.1. The fraction of sp³-hybridized carbons (Fsp3) is 0.533. The molecule has 0 spiro atoms. The minimum atomic E-state index is -0.344. The van der Waals surface area contributed by atoms with E-state index in [1.165, 1.54) is 12.1 Å². The van der Waals surface area contributed by atoms with Crippen molar-refractivity contribution in [3.63, 3.8) is 0 Å². The highest BCUT2D eigenvalue weighted by atomic mass is 19.1. The lowest BCUT2D eigenvalue weighted by Crippen LogP contribution is -2.49. The zero-order valence-corrected chi connectivity index (χ0v) is 11.9. The first-order valence-corrected chi connectivity index (χ1v) is 7.24. The first-order valence-electron chi connectivity index (χ1n) is 7.24. The molecule has 0 saturated carbocycles. The van der Waals surface area contributed by atoms with E-state index in [-0.39, 0.29) is 11.8 Å². The van der Waals surface area contributed by atoms with Crippen molar-refractivity contribution in [2.45, 2.75) is 32.2 Å². The highest BCUT2D eigenvalue weighted by molar-refractivity contribution is 5.89. The summed E-state index contributed by atoms with van der Waals surface area (Å²) in [6.07, 6.45) is 3.19. The molecule has 1 aliphatic rings. The second kappa shape index (κ2) is 7.24. The lowest BCUT2D eigenvalue weighted by Gasteiger charge is -2.33. The molecule has 2 rings (SSSR count). The molecule has 0 bridgehead atoms. The molecule has 2 N–H and O–H groups in total. The summed E-state index contributed by atoms with van der Waals surface area (Å²) < 4.78 is 13.1. The van der Waals surface area contributed by atoms with E-state index in [4.69, 9.17) is 0 Å². The second-order valence-corrected chi connectivity index (χ2v) is 5.18. The monoisotopic (exact) mass is 279 g/mol. The molecule has 1 fully saturated rings. The number of anilines is 1.